The van der Waals surface area contributed by atoms with Crippen LogP contribution in [0.15, 0.2) is 118 Å². The van der Waals surface area contributed by atoms with Crippen molar-refractivity contribution in [2.75, 3.05) is 7.11 Å². The quantitative estimate of drug-likeness (QED) is 0.0101. The number of ether oxygens (including phenoxy) is 3. The van der Waals surface area contributed by atoms with E-state index < -0.39 is 51.3 Å². The van der Waals surface area contributed by atoms with Gasteiger partial charge >= 0.3 is 17.9 Å². The van der Waals surface area contributed by atoms with Gasteiger partial charge in [0.25, 0.3) is 0 Å². The molecular weight excluding hydrogens is 1640 g/mol. The van der Waals surface area contributed by atoms with Gasteiger partial charge in [-0.3, -0.25) is 43.2 Å². The average Bonchev–Trinajstić information content (AvgIpc) is 0.747. The Kier molecular flexibility index (Phi) is 32.1. The molecule has 12 N–H and O–H groups in total. The molecule has 11 aliphatic carbocycles. The molecule has 11 aliphatic rings. The van der Waals surface area contributed by atoms with Gasteiger partial charge in [0.05, 0.1) is 16.9 Å². The lowest BCUT2D eigenvalue weighted by Gasteiger charge is -2.70. The number of thioether (sulfide) groups is 2. The van der Waals surface area contributed by atoms with Crippen LogP contribution in [0.4, 0.5) is 0 Å². The number of phenolic OH excluding ortho intramolecular Hbond substituents is 2. The van der Waals surface area contributed by atoms with E-state index in [-0.39, 0.29) is 121 Å². The second kappa shape index (κ2) is 38.2. The Labute approximate surface area is 759 Å². The van der Waals surface area contributed by atoms with Gasteiger partial charge in [-0.05, 0) is 274 Å². The number of phenols is 2. The number of benzene rings is 1. The average molecular weight is 1790 g/mol. The van der Waals surface area contributed by atoms with Gasteiger partial charge in [-0.1, -0.05) is 183 Å². The van der Waals surface area contributed by atoms with Gasteiger partial charge in [0.15, 0.2) is 39.5 Å². The Morgan fingerprint density at radius 1 is 0.600 bits per heavy atom. The number of aldehydes is 1. The number of primary amides is 3. The number of aromatic hydroxyl groups is 2. The Balaban J connectivity index is 0.000000241. The zero-order valence-electron chi connectivity index (χ0n) is 80.0. The molecule has 8 saturated carbocycles. The van der Waals surface area contributed by atoms with Crippen molar-refractivity contribution in [2.45, 2.75) is 330 Å². The molecular formula is C101H151N3O18S3. The van der Waals surface area contributed by atoms with Crippen molar-refractivity contribution >= 4 is 88.3 Å². The highest BCUT2D eigenvalue weighted by atomic mass is 32.2. The highest BCUT2D eigenvalue weighted by molar-refractivity contribution is 8.14. The number of carbonyl (C=O) groups is 9. The molecule has 0 heterocycles. The van der Waals surface area contributed by atoms with E-state index in [1.165, 1.54) is 74.9 Å². The van der Waals surface area contributed by atoms with Crippen molar-refractivity contribution in [3.63, 3.8) is 0 Å². The molecule has 0 radical (unpaired) electrons. The lowest BCUT2D eigenvalue weighted by molar-refractivity contribution is -0.167. The zero-order chi connectivity index (χ0) is 95.1. The fourth-order valence-corrected chi connectivity index (χ4v) is 27.3. The first-order valence-corrected chi connectivity index (χ1v) is 46.9. The Morgan fingerprint density at radius 2 is 1.07 bits per heavy atom. The third kappa shape index (κ3) is 20.2. The number of allylic oxidation sites excluding steroid dienone is 12. The van der Waals surface area contributed by atoms with Crippen molar-refractivity contribution < 1.29 is 88.0 Å². The summed E-state index contributed by atoms with van der Waals surface area (Å²) in [7, 11) is 1.00. The number of hydrogen-bond acceptors (Lipinski definition) is 20. The van der Waals surface area contributed by atoms with E-state index in [0.29, 0.717) is 23.3 Å². The third-order valence-electron chi connectivity index (χ3n) is 33.7. The summed E-state index contributed by atoms with van der Waals surface area (Å²) in [5.41, 5.74) is 24.1. The Hall–Kier alpha value is -6.96. The van der Waals surface area contributed by atoms with Crippen LogP contribution in [0.5, 0.6) is 11.5 Å². The van der Waals surface area contributed by atoms with E-state index in [1.807, 2.05) is 46.8 Å². The zero-order valence-corrected chi connectivity index (χ0v) is 82.5. The first-order valence-electron chi connectivity index (χ1n) is 44.7. The van der Waals surface area contributed by atoms with E-state index in [1.54, 1.807) is 32.1 Å². The lowest BCUT2D eigenvalue weighted by Crippen LogP contribution is -2.62. The summed E-state index contributed by atoms with van der Waals surface area (Å²) in [5, 5.41) is 57.5. The molecule has 696 valence electrons. The molecule has 0 aliphatic heterocycles. The van der Waals surface area contributed by atoms with Gasteiger partial charge < -0.3 is 62.1 Å². The Morgan fingerprint density at radius 3 is 1.53 bits per heavy atom. The molecule has 4 unspecified atom stereocenters. The number of fused-ring (bicyclic) bond motifs is 15. The van der Waals surface area contributed by atoms with Gasteiger partial charge in [-0.25, -0.2) is 0 Å². The van der Waals surface area contributed by atoms with Crippen LogP contribution >= 0.6 is 36.2 Å². The molecule has 20 atom stereocenters. The molecule has 3 amide bonds. The number of amides is 3. The minimum atomic E-state index is -1.13. The number of nitrogens with two attached hydrogens (primary N) is 3. The fraction of sp³-hybridized carbons (Fsp3) is 0.673. The molecule has 12 rings (SSSR count). The van der Waals surface area contributed by atoms with E-state index in [2.05, 4.69) is 145 Å². The molecule has 0 saturated heterocycles. The predicted molar refractivity (Wildman–Crippen MR) is 499 cm³/mol. The maximum absolute atomic E-state index is 12.7. The summed E-state index contributed by atoms with van der Waals surface area (Å²) >= 11 is 6.04. The standard InChI is InChI=1S/C35H51NO6S.C30H45NO4S.C29H41NO3.C4H6O3.C2H4OS.CH4O/c1-21-18-25(43-24(4)39)19-27-31(5,11-10-26(41-22(2)37)29(21)42-23(3)38)14-17-35(9)28-20-33(7,30(36)40)13-12-32(28,6)15-16-34(27,35)8;1-17(32)36-22-15-23-28(6,19-14-21(34)20(33)13-18(19)22)10-12-30(8)24(16-27(4,5)25(31)35)26(2,3)9-11-29(23,30)7;1-19(18-32)20-7-8-22-27(4,21(20)9-16-31)13-15-29(6)23-17-26(3,24(30)33)11-10-25(23,2)12-14-28(22,29)5;1-3(5)7-4(2)6;1-2(3)4;1-2/h10-11,18-19,23,25,28,38H,12-17,20H2,1-9H3,(H2,36,40);13-15,17,22,24,32-34H,9-12,16H2,1-8H3,(H2,31,35);7-9,16,18,23,32H,10-15,17H2,1-6H3,(H2,30,33);1-2H3;1H3,(H,3,4);2H,1H3/b11-10+,21-18+,27-19+,29-26-;;19-18+,21-9+;;;/t23?,25?,28-,31-,32-,33-,34-,35+;17?,22?,24-,28+,29-,30+;23-,25-,26-,27+,28-,29+;;;/m111.../s1. The monoisotopic (exact) mass is 1790 g/mol. The number of rotatable bonds is 13. The highest BCUT2D eigenvalue weighted by Crippen LogP contribution is 2.79. The van der Waals surface area contributed by atoms with Crippen LogP contribution in [0.2, 0.25) is 0 Å². The summed E-state index contributed by atoms with van der Waals surface area (Å²) in [6.45, 7) is 52.7. The first kappa shape index (κ1) is 105. The predicted octanol–water partition coefficient (Wildman–Crippen LogP) is 20.2. The van der Waals surface area contributed by atoms with Crippen molar-refractivity contribution in [1.82, 2.24) is 0 Å². The molecule has 1 aromatic rings. The van der Waals surface area contributed by atoms with Crippen LogP contribution in [-0.4, -0.2) is 107 Å². The van der Waals surface area contributed by atoms with E-state index in [4.69, 9.17) is 31.8 Å². The van der Waals surface area contributed by atoms with Crippen molar-refractivity contribution in [3.05, 3.63) is 129 Å². The summed E-state index contributed by atoms with van der Waals surface area (Å²) in [4.78, 5) is 103. The molecule has 125 heavy (non-hydrogen) atoms. The van der Waals surface area contributed by atoms with Gasteiger partial charge in [0.1, 0.15) is 6.29 Å². The third-order valence-corrected chi connectivity index (χ3v) is 35.7. The van der Waals surface area contributed by atoms with Gasteiger partial charge in [-0.15, -0.1) is 24.4 Å². The molecule has 0 spiro atoms. The number of carbonyl (C=O) groups excluding carboxylic acids is 9. The second-order valence-electron chi connectivity index (χ2n) is 42.8. The summed E-state index contributed by atoms with van der Waals surface area (Å²) < 4.78 is 15.4. The SMILES string of the molecule is C/C(=C\O)C1=CC=C2[C@@](C)(CC[C@@]3(C)[C@@H]4C[C@](C)(C(N)=O)CC[C@]4(C)CC[C@]23C)/C1=C/C=O.CC(=O)OC(C)=O.CC(=O)OC1=C(OC(C)O)/C(C)=C/C(SC(C)=O)/C=C2\[C@](C)(\C=C\1)CC[C@@]1(C)[C@@H]3C[C@](C)(C(N)=O)CC[C@]3(C)CC[C@]21C.CC(=O)S.CC(O)SC1C=C2[C@@](C)(CC[C@@]3(C)[C@H](CC(C)(C)C(N)=O)C(C)(C)CC[C@]23C)c2cc(O)c(O)cc21.CO. The number of esters is 3. The van der Waals surface area contributed by atoms with E-state index in [0.717, 1.165) is 169 Å². The first-order chi connectivity index (χ1) is 57.3. The molecule has 0 aromatic heterocycles. The van der Waals surface area contributed by atoms with Crippen molar-refractivity contribution in [3.8, 4) is 11.5 Å². The van der Waals surface area contributed by atoms with Crippen LogP contribution in [0.25, 0.3) is 0 Å². The summed E-state index contributed by atoms with van der Waals surface area (Å²) in [6, 6.07) is 3.43. The maximum atomic E-state index is 12.7. The largest absolute Gasteiger partial charge is 0.515 e. The second-order valence-corrected chi connectivity index (χ2v) is 46.2. The van der Waals surface area contributed by atoms with Crippen LogP contribution in [0.3, 0.4) is 0 Å². The molecule has 8 fully saturated rings. The maximum Gasteiger partial charge on any atom is 0.310 e. The smallest absolute Gasteiger partial charge is 0.310 e. The molecule has 24 heteroatoms. The topological polar surface area (TPSA) is 381 Å². The minimum absolute atomic E-state index is 0.00756. The number of aliphatic hydroxyl groups excluding tert-OH is 4. The number of thiol groups is 1. The van der Waals surface area contributed by atoms with E-state index in [9.17, 15) is 68.7 Å². The Bertz CT molecular complexity index is 4640. The van der Waals surface area contributed by atoms with Crippen molar-refractivity contribution in [2.24, 2.45) is 111 Å². The van der Waals surface area contributed by atoms with Crippen LogP contribution in [-0.2, 0) is 62.8 Å². The number of aliphatic hydroxyl groups is 4. The van der Waals surface area contributed by atoms with Gasteiger partial charge in [-0.2, -0.15) is 0 Å². The molecule has 1 aromatic carbocycles. The van der Waals surface area contributed by atoms with Crippen molar-refractivity contribution in [1.29, 1.82) is 0 Å². The van der Waals surface area contributed by atoms with Gasteiger partial charge in [0, 0.05) is 79.5 Å². The minimum Gasteiger partial charge on any atom is -0.515 e. The number of hydrogen-bond donors (Lipinski definition) is 10. The van der Waals surface area contributed by atoms with Gasteiger partial charge in [0.2, 0.25) is 17.7 Å². The fourth-order valence-electron chi connectivity index (χ4n) is 25.5. The summed E-state index contributed by atoms with van der Waals surface area (Å²) in [6.07, 6.45) is 35.7. The van der Waals surface area contributed by atoms with Crippen LogP contribution < -0.4 is 17.2 Å². The summed E-state index contributed by atoms with van der Waals surface area (Å²) in [5.74, 6) is -0.906. The van der Waals surface area contributed by atoms with Crippen LogP contribution in [0.1, 0.15) is 318 Å². The lowest BCUT2D eigenvalue weighted by atomic mass is 9.34. The highest BCUT2D eigenvalue weighted by Gasteiger charge is 2.70. The van der Waals surface area contributed by atoms with Crippen LogP contribution in [0, 0.1) is 93.6 Å². The molecule has 21 nitrogen and oxygen atoms in total. The normalized spacial score (nSPS) is 38.8. The van der Waals surface area contributed by atoms with E-state index >= 15 is 0 Å². The molecule has 0 bridgehead atoms.